The Kier molecular flexibility index (Phi) is 6.42. The molecule has 3 aromatic rings. The van der Waals surface area contributed by atoms with Gasteiger partial charge in [-0.15, -0.1) is 0 Å². The summed E-state index contributed by atoms with van der Waals surface area (Å²) in [6, 6.07) is 22.4. The van der Waals surface area contributed by atoms with Crippen LogP contribution in [0.1, 0.15) is 29.6 Å². The van der Waals surface area contributed by atoms with Gasteiger partial charge in [-0.05, 0) is 78.7 Å². The van der Waals surface area contributed by atoms with Crippen molar-refractivity contribution < 1.29 is 9.59 Å². The minimum Gasteiger partial charge on any atom is -0.397 e. The third-order valence-electron chi connectivity index (χ3n) is 7.25. The molecule has 5 N–H and O–H groups in total. The molecule has 0 unspecified atom stereocenters. The van der Waals surface area contributed by atoms with Crippen LogP contribution in [0.4, 0.5) is 21.9 Å². The van der Waals surface area contributed by atoms with E-state index in [0.717, 1.165) is 50.1 Å². The molecule has 35 heavy (non-hydrogen) atoms. The van der Waals surface area contributed by atoms with Crippen LogP contribution in [0.3, 0.4) is 0 Å². The summed E-state index contributed by atoms with van der Waals surface area (Å²) in [5, 5.41) is 9.32. The number of anilines is 3. The molecule has 2 aliphatic rings. The van der Waals surface area contributed by atoms with Crippen molar-refractivity contribution in [2.24, 2.45) is 5.41 Å². The predicted octanol–water partition coefficient (Wildman–Crippen LogP) is 4.80. The Morgan fingerprint density at radius 1 is 0.857 bits per heavy atom. The van der Waals surface area contributed by atoms with Gasteiger partial charge >= 0.3 is 6.03 Å². The van der Waals surface area contributed by atoms with Gasteiger partial charge < -0.3 is 26.6 Å². The lowest BCUT2D eigenvalue weighted by molar-refractivity contribution is 0.102. The standard InChI is InChI=1S/C28H31N5O2/c29-24-11-8-22(20-4-2-1-3-5-20)18-25(24)32-26(34)21-6-9-23(10-7-21)31-27(35)33-16-13-28(14-17-33)12-15-30-19-28/h1-11,18,30H,12-17,19,29H2,(H,31,35)(H,32,34). The number of hydrogen-bond donors (Lipinski definition) is 4. The molecule has 2 saturated heterocycles. The van der Waals surface area contributed by atoms with Gasteiger partial charge in [0, 0.05) is 30.9 Å². The van der Waals surface area contributed by atoms with Crippen molar-refractivity contribution >= 4 is 29.0 Å². The largest absolute Gasteiger partial charge is 0.397 e. The molecule has 2 aliphatic heterocycles. The maximum atomic E-state index is 12.9. The highest BCUT2D eigenvalue weighted by Gasteiger charge is 2.38. The van der Waals surface area contributed by atoms with Crippen molar-refractivity contribution in [2.75, 3.05) is 42.5 Å². The molecule has 5 rings (SSSR count). The molecule has 0 aliphatic carbocycles. The normalized spacial score (nSPS) is 16.7. The number of nitrogens with zero attached hydrogens (tertiary/aromatic N) is 1. The topological polar surface area (TPSA) is 99.5 Å². The molecule has 7 nitrogen and oxygen atoms in total. The fourth-order valence-corrected chi connectivity index (χ4v) is 4.98. The van der Waals surface area contributed by atoms with Gasteiger partial charge in [-0.25, -0.2) is 4.79 Å². The number of urea groups is 1. The van der Waals surface area contributed by atoms with E-state index in [4.69, 9.17) is 5.73 Å². The number of carbonyl (C=O) groups is 2. The number of piperidine rings is 1. The van der Waals surface area contributed by atoms with Crippen molar-refractivity contribution in [2.45, 2.75) is 19.3 Å². The highest BCUT2D eigenvalue weighted by molar-refractivity contribution is 6.06. The fourth-order valence-electron chi connectivity index (χ4n) is 4.98. The number of benzene rings is 3. The second-order valence-electron chi connectivity index (χ2n) is 9.54. The van der Waals surface area contributed by atoms with E-state index in [1.165, 1.54) is 6.42 Å². The van der Waals surface area contributed by atoms with E-state index in [9.17, 15) is 9.59 Å². The zero-order valence-electron chi connectivity index (χ0n) is 19.7. The van der Waals surface area contributed by atoms with Gasteiger partial charge in [0.05, 0.1) is 11.4 Å². The lowest BCUT2D eigenvalue weighted by atomic mass is 9.78. The van der Waals surface area contributed by atoms with Crippen LogP contribution < -0.4 is 21.7 Å². The Hall–Kier alpha value is -3.84. The van der Waals surface area contributed by atoms with Crippen molar-refractivity contribution in [1.82, 2.24) is 10.2 Å². The molecule has 2 fully saturated rings. The molecule has 180 valence electrons. The average molecular weight is 470 g/mol. The smallest absolute Gasteiger partial charge is 0.321 e. The fraction of sp³-hybridized carbons (Fsp3) is 0.286. The van der Waals surface area contributed by atoms with Gasteiger partial charge in [-0.1, -0.05) is 36.4 Å². The Morgan fingerprint density at radius 2 is 1.60 bits per heavy atom. The van der Waals surface area contributed by atoms with Gasteiger partial charge in [0.25, 0.3) is 5.91 Å². The molecule has 7 heteroatoms. The summed E-state index contributed by atoms with van der Waals surface area (Å²) in [6.07, 6.45) is 3.29. The van der Waals surface area contributed by atoms with Gasteiger partial charge in [-0.3, -0.25) is 4.79 Å². The highest BCUT2D eigenvalue weighted by atomic mass is 16.2. The van der Waals surface area contributed by atoms with Crippen LogP contribution in [0.25, 0.3) is 11.1 Å². The Labute approximate surface area is 205 Å². The third-order valence-corrected chi connectivity index (χ3v) is 7.25. The van der Waals surface area contributed by atoms with Crippen LogP contribution in [0.5, 0.6) is 0 Å². The summed E-state index contributed by atoms with van der Waals surface area (Å²) in [6.45, 7) is 3.69. The maximum absolute atomic E-state index is 12.9. The lowest BCUT2D eigenvalue weighted by Gasteiger charge is -2.38. The Balaban J connectivity index is 1.19. The van der Waals surface area contributed by atoms with Gasteiger partial charge in [0.1, 0.15) is 0 Å². The first-order valence-corrected chi connectivity index (χ1v) is 12.1. The molecular formula is C28H31N5O2. The quantitative estimate of drug-likeness (QED) is 0.413. The number of hydrogen-bond acceptors (Lipinski definition) is 4. The molecule has 0 saturated carbocycles. The number of carbonyl (C=O) groups excluding carboxylic acids is 2. The van der Waals surface area contributed by atoms with Crippen LogP contribution in [-0.2, 0) is 0 Å². The SMILES string of the molecule is Nc1ccc(-c2ccccc2)cc1NC(=O)c1ccc(NC(=O)N2CCC3(CCNC3)CC2)cc1. The van der Waals surface area contributed by atoms with E-state index >= 15 is 0 Å². The molecule has 0 atom stereocenters. The van der Waals surface area contributed by atoms with Crippen LogP contribution in [0.15, 0.2) is 72.8 Å². The molecule has 3 aromatic carbocycles. The monoisotopic (exact) mass is 469 g/mol. The summed E-state index contributed by atoms with van der Waals surface area (Å²) in [5.74, 6) is -0.258. The summed E-state index contributed by atoms with van der Waals surface area (Å²) >= 11 is 0. The zero-order chi connectivity index (χ0) is 24.3. The van der Waals surface area contributed by atoms with E-state index in [1.807, 2.05) is 47.4 Å². The van der Waals surface area contributed by atoms with Crippen molar-refractivity contribution in [3.05, 3.63) is 78.4 Å². The van der Waals surface area contributed by atoms with Crippen molar-refractivity contribution in [1.29, 1.82) is 0 Å². The van der Waals surface area contributed by atoms with Crippen LogP contribution >= 0.6 is 0 Å². The van der Waals surface area contributed by atoms with Gasteiger partial charge in [0.15, 0.2) is 0 Å². The molecule has 2 heterocycles. The second-order valence-corrected chi connectivity index (χ2v) is 9.54. The number of amides is 3. The first-order chi connectivity index (χ1) is 17.0. The molecule has 1 spiro atoms. The Bertz CT molecular complexity index is 1190. The number of nitrogens with two attached hydrogens (primary N) is 1. The number of nitrogen functional groups attached to an aromatic ring is 1. The number of likely N-dealkylation sites (tertiary alicyclic amines) is 1. The van der Waals surface area contributed by atoms with Crippen LogP contribution in [0, 0.1) is 5.41 Å². The van der Waals surface area contributed by atoms with Crippen molar-refractivity contribution in [3.8, 4) is 11.1 Å². The van der Waals surface area contributed by atoms with E-state index in [0.29, 0.717) is 28.0 Å². The summed E-state index contributed by atoms with van der Waals surface area (Å²) in [5.41, 5.74) is 10.7. The zero-order valence-corrected chi connectivity index (χ0v) is 19.7. The second kappa shape index (κ2) is 9.80. The van der Waals surface area contributed by atoms with Crippen LogP contribution in [0.2, 0.25) is 0 Å². The minimum absolute atomic E-state index is 0.0893. The van der Waals surface area contributed by atoms with Crippen LogP contribution in [-0.4, -0.2) is 43.0 Å². The molecule has 3 amide bonds. The van der Waals surface area contributed by atoms with E-state index < -0.39 is 0 Å². The van der Waals surface area contributed by atoms with E-state index in [2.05, 4.69) is 16.0 Å². The van der Waals surface area contributed by atoms with E-state index in [1.54, 1.807) is 30.3 Å². The van der Waals surface area contributed by atoms with E-state index in [-0.39, 0.29) is 11.9 Å². The van der Waals surface area contributed by atoms with Crippen molar-refractivity contribution in [3.63, 3.8) is 0 Å². The Morgan fingerprint density at radius 3 is 2.29 bits per heavy atom. The number of rotatable bonds is 4. The minimum atomic E-state index is -0.258. The molecule has 0 radical (unpaired) electrons. The van der Waals surface area contributed by atoms with Gasteiger partial charge in [-0.2, -0.15) is 0 Å². The molecule has 0 aromatic heterocycles. The maximum Gasteiger partial charge on any atom is 0.321 e. The molecule has 0 bridgehead atoms. The first kappa shape index (κ1) is 22.9. The highest BCUT2D eigenvalue weighted by Crippen LogP contribution is 2.37. The summed E-state index contributed by atoms with van der Waals surface area (Å²) in [4.78, 5) is 27.5. The van der Waals surface area contributed by atoms with Gasteiger partial charge in [0.2, 0.25) is 0 Å². The molecular weight excluding hydrogens is 438 g/mol. The first-order valence-electron chi connectivity index (χ1n) is 12.1. The lowest BCUT2D eigenvalue weighted by Crippen LogP contribution is -2.45. The number of nitrogens with one attached hydrogen (secondary N) is 3. The average Bonchev–Trinajstić information content (AvgIpc) is 3.34. The summed E-state index contributed by atoms with van der Waals surface area (Å²) in [7, 11) is 0. The summed E-state index contributed by atoms with van der Waals surface area (Å²) < 4.78 is 0. The third kappa shape index (κ3) is 5.15. The predicted molar refractivity (Wildman–Crippen MR) is 140 cm³/mol.